The SMILES string of the molecule is O=S(=O)(Nc1nccs1)c1ccc(N=Cc2ccccc2)cc1. The van der Waals surface area contributed by atoms with E-state index in [1.54, 1.807) is 29.9 Å². The van der Waals surface area contributed by atoms with Crippen molar-refractivity contribution in [2.45, 2.75) is 4.90 Å². The fourth-order valence-corrected chi connectivity index (χ4v) is 3.64. The van der Waals surface area contributed by atoms with Crippen LogP contribution in [0.2, 0.25) is 0 Å². The van der Waals surface area contributed by atoms with Crippen molar-refractivity contribution < 1.29 is 8.42 Å². The summed E-state index contributed by atoms with van der Waals surface area (Å²) in [4.78, 5) is 8.41. The van der Waals surface area contributed by atoms with E-state index in [-0.39, 0.29) is 4.90 Å². The number of aliphatic imine (C=N–C) groups is 1. The minimum atomic E-state index is -3.62. The van der Waals surface area contributed by atoms with Gasteiger partial charge in [0.1, 0.15) is 0 Å². The largest absolute Gasteiger partial charge is 0.263 e. The van der Waals surface area contributed by atoms with Gasteiger partial charge in [0.15, 0.2) is 5.13 Å². The van der Waals surface area contributed by atoms with Crippen LogP contribution >= 0.6 is 11.3 Å². The van der Waals surface area contributed by atoms with Gasteiger partial charge < -0.3 is 0 Å². The van der Waals surface area contributed by atoms with E-state index in [0.29, 0.717) is 10.8 Å². The van der Waals surface area contributed by atoms with Crippen LogP contribution in [0.25, 0.3) is 0 Å². The van der Waals surface area contributed by atoms with Crippen molar-refractivity contribution in [2.24, 2.45) is 4.99 Å². The van der Waals surface area contributed by atoms with Crippen molar-refractivity contribution in [2.75, 3.05) is 4.72 Å². The second kappa shape index (κ2) is 6.72. The normalized spacial score (nSPS) is 11.7. The lowest BCUT2D eigenvalue weighted by atomic mass is 10.2. The summed E-state index contributed by atoms with van der Waals surface area (Å²) in [5.74, 6) is 0. The van der Waals surface area contributed by atoms with E-state index in [9.17, 15) is 8.42 Å². The third kappa shape index (κ3) is 4.02. The number of nitrogens with zero attached hydrogens (tertiary/aromatic N) is 2. The summed E-state index contributed by atoms with van der Waals surface area (Å²) >= 11 is 1.23. The molecule has 0 saturated carbocycles. The third-order valence-corrected chi connectivity index (χ3v) is 5.14. The van der Waals surface area contributed by atoms with E-state index in [4.69, 9.17) is 0 Å². The highest BCUT2D eigenvalue weighted by Gasteiger charge is 2.14. The molecule has 0 atom stereocenters. The average Bonchev–Trinajstić information content (AvgIpc) is 3.06. The molecule has 5 nitrogen and oxygen atoms in total. The predicted molar refractivity (Wildman–Crippen MR) is 93.1 cm³/mol. The zero-order chi connectivity index (χ0) is 16.1. The van der Waals surface area contributed by atoms with Crippen molar-refractivity contribution in [1.29, 1.82) is 0 Å². The molecule has 1 aromatic heterocycles. The van der Waals surface area contributed by atoms with Gasteiger partial charge in [0.25, 0.3) is 10.0 Å². The summed E-state index contributed by atoms with van der Waals surface area (Å²) in [5.41, 5.74) is 1.66. The maximum atomic E-state index is 12.2. The molecule has 0 fully saturated rings. The molecule has 3 aromatic rings. The fourth-order valence-electron chi connectivity index (χ4n) is 1.85. The van der Waals surface area contributed by atoms with Gasteiger partial charge in [-0.15, -0.1) is 11.3 Å². The van der Waals surface area contributed by atoms with Gasteiger partial charge in [-0.05, 0) is 29.8 Å². The summed E-state index contributed by atoms with van der Waals surface area (Å²) in [6.45, 7) is 0. The van der Waals surface area contributed by atoms with Crippen LogP contribution in [0.1, 0.15) is 5.56 Å². The molecule has 0 spiro atoms. The molecule has 0 aliphatic heterocycles. The van der Waals surface area contributed by atoms with Crippen LogP contribution in [0.5, 0.6) is 0 Å². The molecular weight excluding hydrogens is 330 g/mol. The highest BCUT2D eigenvalue weighted by atomic mass is 32.2. The zero-order valence-corrected chi connectivity index (χ0v) is 13.6. The molecule has 0 unspecified atom stereocenters. The molecule has 2 aromatic carbocycles. The van der Waals surface area contributed by atoms with Crippen molar-refractivity contribution >= 4 is 38.4 Å². The first-order valence-electron chi connectivity index (χ1n) is 6.75. The quantitative estimate of drug-likeness (QED) is 0.718. The Morgan fingerprint density at radius 3 is 2.43 bits per heavy atom. The first kappa shape index (κ1) is 15.4. The van der Waals surface area contributed by atoms with Gasteiger partial charge in [-0.2, -0.15) is 0 Å². The van der Waals surface area contributed by atoms with E-state index in [2.05, 4.69) is 14.7 Å². The van der Waals surface area contributed by atoms with Gasteiger partial charge in [0.2, 0.25) is 0 Å². The minimum absolute atomic E-state index is 0.173. The van der Waals surface area contributed by atoms with Crippen molar-refractivity contribution in [1.82, 2.24) is 4.98 Å². The molecule has 1 heterocycles. The number of aromatic nitrogens is 1. The lowest BCUT2D eigenvalue weighted by Crippen LogP contribution is -2.12. The van der Waals surface area contributed by atoms with Crippen molar-refractivity contribution in [3.8, 4) is 0 Å². The summed E-state index contributed by atoms with van der Waals surface area (Å²) in [6, 6.07) is 16.1. The maximum absolute atomic E-state index is 12.2. The summed E-state index contributed by atoms with van der Waals surface area (Å²) < 4.78 is 26.8. The van der Waals surface area contributed by atoms with Crippen molar-refractivity contribution in [3.05, 3.63) is 71.7 Å². The van der Waals surface area contributed by atoms with Gasteiger partial charge in [0, 0.05) is 17.8 Å². The number of hydrogen-bond donors (Lipinski definition) is 1. The second-order valence-electron chi connectivity index (χ2n) is 4.61. The number of benzene rings is 2. The maximum Gasteiger partial charge on any atom is 0.263 e. The topological polar surface area (TPSA) is 71.4 Å². The number of sulfonamides is 1. The first-order valence-corrected chi connectivity index (χ1v) is 9.11. The molecule has 23 heavy (non-hydrogen) atoms. The Balaban J connectivity index is 1.75. The Bertz CT molecular complexity index is 888. The molecule has 0 bridgehead atoms. The second-order valence-corrected chi connectivity index (χ2v) is 7.18. The van der Waals surface area contributed by atoms with Crippen LogP contribution in [0, 0.1) is 0 Å². The highest BCUT2D eigenvalue weighted by molar-refractivity contribution is 7.93. The lowest BCUT2D eigenvalue weighted by molar-refractivity contribution is 0.601. The van der Waals surface area contributed by atoms with Gasteiger partial charge in [0.05, 0.1) is 10.6 Å². The van der Waals surface area contributed by atoms with Crippen molar-refractivity contribution in [3.63, 3.8) is 0 Å². The molecule has 0 radical (unpaired) electrons. The van der Waals surface area contributed by atoms with Crippen LogP contribution < -0.4 is 4.72 Å². The van der Waals surface area contributed by atoms with E-state index >= 15 is 0 Å². The summed E-state index contributed by atoms with van der Waals surface area (Å²) in [7, 11) is -3.62. The van der Waals surface area contributed by atoms with Crippen LogP contribution in [-0.4, -0.2) is 19.6 Å². The summed E-state index contributed by atoms with van der Waals surface area (Å²) in [6.07, 6.45) is 3.28. The van der Waals surface area contributed by atoms with Crippen LogP contribution in [-0.2, 0) is 10.0 Å². The molecule has 0 amide bonds. The van der Waals surface area contributed by atoms with Crippen LogP contribution in [0.3, 0.4) is 0 Å². The molecule has 1 N–H and O–H groups in total. The van der Waals surface area contributed by atoms with E-state index < -0.39 is 10.0 Å². The number of nitrogens with one attached hydrogen (secondary N) is 1. The van der Waals surface area contributed by atoms with Gasteiger partial charge in [-0.3, -0.25) is 9.71 Å². The molecule has 0 saturated heterocycles. The smallest absolute Gasteiger partial charge is 0.256 e. The molecule has 116 valence electrons. The Labute approximate surface area is 138 Å². The van der Waals surface area contributed by atoms with Gasteiger partial charge in [-0.1, -0.05) is 30.3 Å². The van der Waals surface area contributed by atoms with E-state index in [1.165, 1.54) is 23.5 Å². The number of thiazole rings is 1. The first-order chi connectivity index (χ1) is 11.1. The number of anilines is 1. The number of hydrogen-bond acceptors (Lipinski definition) is 5. The predicted octanol–water partition coefficient (Wildman–Crippen LogP) is 3.69. The Kier molecular flexibility index (Phi) is 4.50. The molecule has 3 rings (SSSR count). The Morgan fingerprint density at radius 2 is 1.78 bits per heavy atom. The Hall–Kier alpha value is -2.51. The standard InChI is InChI=1S/C16H13N3O2S2/c20-23(21,19-16-17-10-11-22-16)15-8-6-14(7-9-15)18-12-13-4-2-1-3-5-13/h1-12H,(H,17,19). The molecule has 0 aliphatic rings. The van der Waals surface area contributed by atoms with E-state index in [0.717, 1.165) is 5.56 Å². The van der Waals surface area contributed by atoms with Gasteiger partial charge >= 0.3 is 0 Å². The zero-order valence-electron chi connectivity index (χ0n) is 12.0. The molecule has 0 aliphatic carbocycles. The molecule has 7 heteroatoms. The van der Waals surface area contributed by atoms with Gasteiger partial charge in [-0.25, -0.2) is 13.4 Å². The summed E-state index contributed by atoms with van der Waals surface area (Å²) in [5, 5.41) is 2.05. The van der Waals surface area contributed by atoms with Crippen LogP contribution in [0.15, 0.2) is 76.1 Å². The number of rotatable bonds is 5. The fraction of sp³-hybridized carbons (Fsp3) is 0. The third-order valence-electron chi connectivity index (χ3n) is 2.96. The van der Waals surface area contributed by atoms with Crippen LogP contribution in [0.4, 0.5) is 10.8 Å². The lowest BCUT2D eigenvalue weighted by Gasteiger charge is -2.05. The highest BCUT2D eigenvalue weighted by Crippen LogP contribution is 2.20. The Morgan fingerprint density at radius 1 is 1.04 bits per heavy atom. The minimum Gasteiger partial charge on any atom is -0.256 e. The monoisotopic (exact) mass is 343 g/mol. The van der Waals surface area contributed by atoms with E-state index in [1.807, 2.05) is 30.3 Å². The average molecular weight is 343 g/mol. The molecular formula is C16H13N3O2S2.